The van der Waals surface area contributed by atoms with Crippen molar-refractivity contribution in [3.63, 3.8) is 0 Å². The average Bonchev–Trinajstić information content (AvgIpc) is 2.38. The second-order valence-electron chi connectivity index (χ2n) is 5.81. The third kappa shape index (κ3) is 3.22. The average molecular weight is 257 g/mol. The highest BCUT2D eigenvalue weighted by Gasteiger charge is 2.17. The van der Waals surface area contributed by atoms with Crippen molar-refractivity contribution in [2.45, 2.75) is 27.7 Å². The van der Waals surface area contributed by atoms with Crippen LogP contribution in [-0.2, 0) is 0 Å². The third-order valence-corrected chi connectivity index (χ3v) is 3.79. The Morgan fingerprint density at radius 3 is 2.42 bits per heavy atom. The Balaban J connectivity index is 2.17. The van der Waals surface area contributed by atoms with E-state index in [0.29, 0.717) is 17.8 Å². The van der Waals surface area contributed by atoms with E-state index in [9.17, 15) is 0 Å². The van der Waals surface area contributed by atoms with Crippen molar-refractivity contribution >= 4 is 16.6 Å². The Bertz CT molecular complexity index is 521. The van der Waals surface area contributed by atoms with E-state index in [1.807, 2.05) is 18.3 Å². The minimum Gasteiger partial charge on any atom is -0.368 e. The number of hydrogen-bond acceptors (Lipinski definition) is 3. The molecule has 1 N–H and O–H groups in total. The Morgan fingerprint density at radius 2 is 1.74 bits per heavy atom. The summed E-state index contributed by atoms with van der Waals surface area (Å²) in [5, 5.41) is 14.1. The number of benzene rings is 1. The summed E-state index contributed by atoms with van der Waals surface area (Å²) in [6.07, 6.45) is 1.81. The van der Waals surface area contributed by atoms with Crippen LogP contribution >= 0.6 is 0 Å². The molecule has 0 aliphatic carbocycles. The number of rotatable bonds is 5. The van der Waals surface area contributed by atoms with E-state index >= 15 is 0 Å². The molecule has 0 saturated heterocycles. The number of aromatic nitrogens is 2. The van der Waals surface area contributed by atoms with E-state index < -0.39 is 0 Å². The van der Waals surface area contributed by atoms with Gasteiger partial charge in [0.2, 0.25) is 0 Å². The van der Waals surface area contributed by atoms with Crippen LogP contribution in [0.1, 0.15) is 27.7 Å². The van der Waals surface area contributed by atoms with E-state index in [4.69, 9.17) is 0 Å². The summed E-state index contributed by atoms with van der Waals surface area (Å²) in [5.74, 6) is 2.86. The van der Waals surface area contributed by atoms with Gasteiger partial charge in [0.25, 0.3) is 0 Å². The topological polar surface area (TPSA) is 37.8 Å². The van der Waals surface area contributed by atoms with Crippen molar-refractivity contribution in [3.05, 3.63) is 30.5 Å². The van der Waals surface area contributed by atoms with Gasteiger partial charge < -0.3 is 5.32 Å². The van der Waals surface area contributed by atoms with Crippen molar-refractivity contribution in [3.8, 4) is 0 Å². The molecule has 0 aliphatic heterocycles. The van der Waals surface area contributed by atoms with Gasteiger partial charge in [-0.3, -0.25) is 0 Å². The summed E-state index contributed by atoms with van der Waals surface area (Å²) in [7, 11) is 0. The summed E-state index contributed by atoms with van der Waals surface area (Å²) in [6, 6.07) is 8.22. The lowest BCUT2D eigenvalue weighted by Crippen LogP contribution is -2.25. The largest absolute Gasteiger partial charge is 0.368 e. The summed E-state index contributed by atoms with van der Waals surface area (Å²) in [5.41, 5.74) is 0. The molecule has 0 spiro atoms. The first-order valence-corrected chi connectivity index (χ1v) is 7.04. The molecule has 0 aliphatic rings. The maximum Gasteiger partial charge on any atom is 0.156 e. The van der Waals surface area contributed by atoms with Gasteiger partial charge in [-0.2, -0.15) is 5.10 Å². The van der Waals surface area contributed by atoms with E-state index in [1.54, 1.807) is 0 Å². The Hall–Kier alpha value is -1.64. The van der Waals surface area contributed by atoms with Crippen molar-refractivity contribution in [2.24, 2.45) is 17.8 Å². The maximum atomic E-state index is 4.24. The first-order chi connectivity index (χ1) is 9.09. The van der Waals surface area contributed by atoms with Crippen LogP contribution in [-0.4, -0.2) is 16.7 Å². The van der Waals surface area contributed by atoms with E-state index in [-0.39, 0.29) is 0 Å². The number of nitrogens with zero attached hydrogens (tertiary/aromatic N) is 2. The highest BCUT2D eigenvalue weighted by molar-refractivity contribution is 5.90. The minimum atomic E-state index is 0.640. The molecule has 1 heterocycles. The molecule has 102 valence electrons. The van der Waals surface area contributed by atoms with Gasteiger partial charge in [-0.1, -0.05) is 52.0 Å². The molecule has 0 unspecified atom stereocenters. The molecule has 0 amide bonds. The summed E-state index contributed by atoms with van der Waals surface area (Å²) in [4.78, 5) is 0. The Morgan fingerprint density at radius 1 is 1.05 bits per heavy atom. The highest BCUT2D eigenvalue weighted by atomic mass is 15.2. The second-order valence-corrected chi connectivity index (χ2v) is 5.81. The van der Waals surface area contributed by atoms with Gasteiger partial charge in [-0.25, -0.2) is 0 Å². The number of nitrogens with one attached hydrogen (secondary N) is 1. The molecule has 1 aromatic heterocycles. The molecule has 0 bridgehead atoms. The van der Waals surface area contributed by atoms with Gasteiger partial charge in [-0.15, -0.1) is 5.10 Å². The summed E-state index contributed by atoms with van der Waals surface area (Å²) < 4.78 is 0. The SMILES string of the molecule is CC(C)C(CNc1nncc2ccccc12)C(C)C. The fourth-order valence-corrected chi connectivity index (χ4v) is 2.61. The van der Waals surface area contributed by atoms with Crippen LogP contribution in [0, 0.1) is 17.8 Å². The van der Waals surface area contributed by atoms with Gasteiger partial charge in [-0.05, 0) is 17.8 Å². The molecular formula is C16H23N3. The monoisotopic (exact) mass is 257 g/mol. The lowest BCUT2D eigenvalue weighted by Gasteiger charge is -2.25. The predicted molar refractivity (Wildman–Crippen MR) is 81.2 cm³/mol. The van der Waals surface area contributed by atoms with Gasteiger partial charge >= 0.3 is 0 Å². The zero-order chi connectivity index (χ0) is 13.8. The van der Waals surface area contributed by atoms with Gasteiger partial charge in [0, 0.05) is 17.3 Å². The quantitative estimate of drug-likeness (QED) is 0.880. The van der Waals surface area contributed by atoms with Gasteiger partial charge in [0.1, 0.15) is 0 Å². The van der Waals surface area contributed by atoms with Crippen molar-refractivity contribution < 1.29 is 0 Å². The Kier molecular flexibility index (Phi) is 4.35. The highest BCUT2D eigenvalue weighted by Crippen LogP contribution is 2.23. The van der Waals surface area contributed by atoms with Crippen LogP contribution in [0.3, 0.4) is 0 Å². The van der Waals surface area contributed by atoms with Gasteiger partial charge in [0.05, 0.1) is 6.20 Å². The molecule has 19 heavy (non-hydrogen) atoms. The summed E-state index contributed by atoms with van der Waals surface area (Å²) >= 11 is 0. The van der Waals surface area contributed by atoms with Gasteiger partial charge in [0.15, 0.2) is 5.82 Å². The van der Waals surface area contributed by atoms with Crippen LogP contribution in [0.25, 0.3) is 10.8 Å². The smallest absolute Gasteiger partial charge is 0.156 e. The van der Waals surface area contributed by atoms with E-state index in [0.717, 1.165) is 23.1 Å². The van der Waals surface area contributed by atoms with E-state index in [1.165, 1.54) is 0 Å². The fraction of sp³-hybridized carbons (Fsp3) is 0.500. The molecule has 3 nitrogen and oxygen atoms in total. The molecule has 0 saturated carbocycles. The number of fused-ring (bicyclic) bond motifs is 1. The standard InChI is InChI=1S/C16H23N3/c1-11(2)15(12(3)4)10-17-16-14-8-6-5-7-13(14)9-18-19-16/h5-9,11-12,15H,10H2,1-4H3,(H,17,19). The van der Waals surface area contributed by atoms with Crippen molar-refractivity contribution in [1.29, 1.82) is 0 Å². The third-order valence-electron chi connectivity index (χ3n) is 3.79. The molecule has 2 rings (SSSR count). The molecule has 1 aromatic carbocycles. The first kappa shape index (κ1) is 13.8. The Labute approximate surface area is 115 Å². The van der Waals surface area contributed by atoms with Crippen LogP contribution in [0.5, 0.6) is 0 Å². The minimum absolute atomic E-state index is 0.640. The first-order valence-electron chi connectivity index (χ1n) is 7.04. The van der Waals surface area contributed by atoms with Crippen molar-refractivity contribution in [2.75, 3.05) is 11.9 Å². The zero-order valence-electron chi connectivity index (χ0n) is 12.2. The molecule has 0 radical (unpaired) electrons. The fourth-order valence-electron chi connectivity index (χ4n) is 2.61. The summed E-state index contributed by atoms with van der Waals surface area (Å²) in [6.45, 7) is 10.1. The molecule has 3 heteroatoms. The normalized spacial score (nSPS) is 11.7. The van der Waals surface area contributed by atoms with Crippen LogP contribution < -0.4 is 5.32 Å². The number of hydrogen-bond donors (Lipinski definition) is 1. The maximum absolute atomic E-state index is 4.24. The molecule has 0 fully saturated rings. The van der Waals surface area contributed by atoms with Crippen LogP contribution in [0.15, 0.2) is 30.5 Å². The predicted octanol–water partition coefficient (Wildman–Crippen LogP) is 3.97. The zero-order valence-corrected chi connectivity index (χ0v) is 12.2. The molecule has 2 aromatic rings. The van der Waals surface area contributed by atoms with E-state index in [2.05, 4.69) is 55.3 Å². The second kappa shape index (κ2) is 6.00. The lowest BCUT2D eigenvalue weighted by molar-refractivity contribution is 0.304. The molecular weight excluding hydrogens is 234 g/mol. The number of anilines is 1. The van der Waals surface area contributed by atoms with Crippen LogP contribution in [0.2, 0.25) is 0 Å². The van der Waals surface area contributed by atoms with Crippen LogP contribution in [0.4, 0.5) is 5.82 Å². The lowest BCUT2D eigenvalue weighted by atomic mass is 9.85. The van der Waals surface area contributed by atoms with Crippen molar-refractivity contribution in [1.82, 2.24) is 10.2 Å². The molecule has 0 atom stereocenters.